The molecule has 2 unspecified atom stereocenters. The number of ether oxygens (including phenoxy) is 1. The Morgan fingerprint density at radius 2 is 2.08 bits per heavy atom. The molecule has 2 rings (SSSR count). The smallest absolute Gasteiger partial charge is 0.226 e. The highest BCUT2D eigenvalue weighted by Crippen LogP contribution is 2.41. The highest BCUT2D eigenvalue weighted by atomic mass is 16.5. The van der Waals surface area contributed by atoms with E-state index in [9.17, 15) is 4.79 Å². The van der Waals surface area contributed by atoms with Gasteiger partial charge in [-0.05, 0) is 19.3 Å². The first-order valence-corrected chi connectivity index (χ1v) is 4.90. The van der Waals surface area contributed by atoms with Gasteiger partial charge in [0.15, 0.2) is 0 Å². The molecule has 1 amide bonds. The zero-order valence-corrected chi connectivity index (χ0v) is 8.54. The van der Waals surface area contributed by atoms with Crippen LogP contribution in [0, 0.1) is 11.8 Å². The van der Waals surface area contributed by atoms with Crippen molar-refractivity contribution < 1.29 is 9.53 Å². The molecule has 0 radical (unpaired) electrons. The quantitative estimate of drug-likeness (QED) is 0.636. The number of hydrogen-bond donors (Lipinski definition) is 0. The Hall–Kier alpha value is -0.570. The minimum atomic E-state index is -0.0756. The van der Waals surface area contributed by atoms with Gasteiger partial charge in [0.1, 0.15) is 0 Å². The van der Waals surface area contributed by atoms with E-state index < -0.39 is 0 Å². The van der Waals surface area contributed by atoms with E-state index in [0.717, 1.165) is 19.5 Å². The fourth-order valence-corrected chi connectivity index (χ4v) is 1.95. The number of carbonyl (C=O) groups is 1. The number of amides is 1. The summed E-state index contributed by atoms with van der Waals surface area (Å²) in [4.78, 5) is 13.6. The summed E-state index contributed by atoms with van der Waals surface area (Å²) in [6.45, 7) is 5.72. The zero-order chi connectivity index (χ0) is 9.64. The summed E-state index contributed by atoms with van der Waals surface area (Å²) in [5, 5.41) is 0. The lowest BCUT2D eigenvalue weighted by Crippen LogP contribution is -2.63. The topological polar surface area (TPSA) is 29.5 Å². The molecule has 1 saturated heterocycles. The maximum atomic E-state index is 11.7. The second-order valence-corrected chi connectivity index (χ2v) is 4.67. The molecule has 0 aromatic carbocycles. The molecule has 3 nitrogen and oxygen atoms in total. The number of nitrogens with zero attached hydrogens (tertiary/aromatic N) is 1. The number of methoxy groups -OCH3 is 1. The Morgan fingerprint density at radius 3 is 2.46 bits per heavy atom. The third-order valence-electron chi connectivity index (χ3n) is 3.28. The van der Waals surface area contributed by atoms with E-state index >= 15 is 0 Å². The van der Waals surface area contributed by atoms with Crippen LogP contribution in [-0.2, 0) is 9.53 Å². The van der Waals surface area contributed by atoms with Crippen molar-refractivity contribution in [1.29, 1.82) is 0 Å². The predicted molar refractivity (Wildman–Crippen MR) is 49.3 cm³/mol. The van der Waals surface area contributed by atoms with Gasteiger partial charge in [-0.1, -0.05) is 6.92 Å². The van der Waals surface area contributed by atoms with E-state index in [1.54, 1.807) is 7.11 Å². The fourth-order valence-electron chi connectivity index (χ4n) is 1.95. The van der Waals surface area contributed by atoms with E-state index in [1.165, 1.54) is 0 Å². The number of hydrogen-bond acceptors (Lipinski definition) is 2. The van der Waals surface area contributed by atoms with E-state index in [0.29, 0.717) is 17.7 Å². The number of rotatable bonds is 2. The van der Waals surface area contributed by atoms with Gasteiger partial charge in [0, 0.05) is 13.0 Å². The van der Waals surface area contributed by atoms with Crippen LogP contribution in [0.3, 0.4) is 0 Å². The zero-order valence-electron chi connectivity index (χ0n) is 8.54. The van der Waals surface area contributed by atoms with Crippen LogP contribution < -0.4 is 0 Å². The van der Waals surface area contributed by atoms with Crippen molar-refractivity contribution in [3.8, 4) is 0 Å². The lowest BCUT2D eigenvalue weighted by atomic mass is 9.96. The van der Waals surface area contributed by atoms with Crippen molar-refractivity contribution in [3.05, 3.63) is 0 Å². The Balaban J connectivity index is 1.83. The van der Waals surface area contributed by atoms with Crippen LogP contribution >= 0.6 is 0 Å². The molecular weight excluding hydrogens is 166 g/mol. The molecule has 1 aliphatic carbocycles. The number of likely N-dealkylation sites (tertiary alicyclic amines) is 1. The lowest BCUT2D eigenvalue weighted by Gasteiger charge is -2.47. The van der Waals surface area contributed by atoms with Crippen molar-refractivity contribution in [2.45, 2.75) is 25.9 Å². The van der Waals surface area contributed by atoms with Gasteiger partial charge in [-0.15, -0.1) is 0 Å². The van der Waals surface area contributed by atoms with Gasteiger partial charge in [-0.3, -0.25) is 4.79 Å². The summed E-state index contributed by atoms with van der Waals surface area (Å²) < 4.78 is 5.29. The first-order valence-electron chi connectivity index (χ1n) is 4.90. The van der Waals surface area contributed by atoms with Crippen molar-refractivity contribution >= 4 is 5.91 Å². The second kappa shape index (κ2) is 2.71. The highest BCUT2D eigenvalue weighted by Gasteiger charge is 2.48. The average Bonchev–Trinajstić information content (AvgIpc) is 2.76. The molecule has 0 bridgehead atoms. The molecule has 1 saturated carbocycles. The molecule has 74 valence electrons. The molecule has 3 heteroatoms. The Labute approximate surface area is 79.0 Å². The van der Waals surface area contributed by atoms with Crippen molar-refractivity contribution in [2.75, 3.05) is 20.2 Å². The van der Waals surface area contributed by atoms with Gasteiger partial charge in [-0.25, -0.2) is 0 Å². The molecule has 1 heterocycles. The first kappa shape index (κ1) is 9.00. The predicted octanol–water partition coefficient (Wildman–Crippen LogP) is 0.890. The van der Waals surface area contributed by atoms with Crippen LogP contribution in [0.4, 0.5) is 0 Å². The molecular formula is C10H17NO2. The van der Waals surface area contributed by atoms with Crippen LogP contribution in [0.1, 0.15) is 20.3 Å². The normalized spacial score (nSPS) is 35.5. The molecule has 2 atom stereocenters. The van der Waals surface area contributed by atoms with Crippen LogP contribution in [0.2, 0.25) is 0 Å². The van der Waals surface area contributed by atoms with Crippen molar-refractivity contribution in [1.82, 2.24) is 4.90 Å². The lowest BCUT2D eigenvalue weighted by molar-refractivity contribution is -0.159. The molecule has 13 heavy (non-hydrogen) atoms. The van der Waals surface area contributed by atoms with Crippen molar-refractivity contribution in [3.63, 3.8) is 0 Å². The van der Waals surface area contributed by atoms with Crippen LogP contribution in [0.15, 0.2) is 0 Å². The number of carbonyl (C=O) groups excluding carboxylic acids is 1. The van der Waals surface area contributed by atoms with Crippen molar-refractivity contribution in [2.24, 2.45) is 11.8 Å². The van der Waals surface area contributed by atoms with Gasteiger partial charge in [0.2, 0.25) is 5.91 Å². The van der Waals surface area contributed by atoms with Gasteiger partial charge < -0.3 is 9.64 Å². The van der Waals surface area contributed by atoms with Gasteiger partial charge in [0.05, 0.1) is 18.7 Å². The fraction of sp³-hybridized carbons (Fsp3) is 0.900. The summed E-state index contributed by atoms with van der Waals surface area (Å²) >= 11 is 0. The first-order chi connectivity index (χ1) is 6.06. The Bertz CT molecular complexity index is 233. The van der Waals surface area contributed by atoms with E-state index in [1.807, 2.05) is 11.8 Å². The van der Waals surface area contributed by atoms with Gasteiger partial charge in [-0.2, -0.15) is 0 Å². The maximum Gasteiger partial charge on any atom is 0.226 e. The molecule has 0 N–H and O–H groups in total. The molecule has 0 aromatic heterocycles. The maximum absolute atomic E-state index is 11.7. The third-order valence-corrected chi connectivity index (χ3v) is 3.28. The molecule has 1 aliphatic heterocycles. The minimum Gasteiger partial charge on any atom is -0.375 e. The van der Waals surface area contributed by atoms with E-state index in [-0.39, 0.29) is 5.60 Å². The second-order valence-electron chi connectivity index (χ2n) is 4.67. The summed E-state index contributed by atoms with van der Waals surface area (Å²) in [6.07, 6.45) is 1.08. The van der Waals surface area contributed by atoms with Crippen LogP contribution in [0.25, 0.3) is 0 Å². The molecule has 2 aliphatic rings. The van der Waals surface area contributed by atoms with Gasteiger partial charge >= 0.3 is 0 Å². The summed E-state index contributed by atoms with van der Waals surface area (Å²) in [5.41, 5.74) is -0.0756. The molecule has 2 fully saturated rings. The molecule has 0 spiro atoms. The average molecular weight is 183 g/mol. The highest BCUT2D eigenvalue weighted by molar-refractivity contribution is 5.82. The molecule has 0 aromatic rings. The largest absolute Gasteiger partial charge is 0.375 e. The standard InChI is InChI=1S/C10H17NO2/c1-7-4-8(7)9(12)11-5-10(2,6-11)13-3/h7-8H,4-6H2,1-3H3. The Morgan fingerprint density at radius 1 is 1.54 bits per heavy atom. The monoisotopic (exact) mass is 183 g/mol. The van der Waals surface area contributed by atoms with E-state index in [2.05, 4.69) is 6.92 Å². The van der Waals surface area contributed by atoms with Crippen LogP contribution in [-0.4, -0.2) is 36.6 Å². The summed E-state index contributed by atoms with van der Waals surface area (Å²) in [5.74, 6) is 1.27. The van der Waals surface area contributed by atoms with Gasteiger partial charge in [0.25, 0.3) is 0 Å². The third kappa shape index (κ3) is 1.46. The Kier molecular flexibility index (Phi) is 1.88. The minimum absolute atomic E-state index is 0.0756. The SMILES string of the molecule is COC1(C)CN(C(=O)C2CC2C)C1. The summed E-state index contributed by atoms with van der Waals surface area (Å²) in [7, 11) is 1.71. The van der Waals surface area contributed by atoms with Crippen LogP contribution in [0.5, 0.6) is 0 Å². The summed E-state index contributed by atoms with van der Waals surface area (Å²) in [6, 6.07) is 0. The van der Waals surface area contributed by atoms with E-state index in [4.69, 9.17) is 4.74 Å².